The van der Waals surface area contributed by atoms with Crippen molar-refractivity contribution in [2.45, 2.75) is 70.6 Å². The molecule has 0 aromatic carbocycles. The van der Waals surface area contributed by atoms with Gasteiger partial charge in [0.1, 0.15) is 0 Å². The zero-order valence-corrected chi connectivity index (χ0v) is 17.8. The summed E-state index contributed by atoms with van der Waals surface area (Å²) in [6.07, 6.45) is 1.08. The molecule has 188 valence electrons. The quantitative estimate of drug-likeness (QED) is 0.138. The van der Waals surface area contributed by atoms with E-state index in [9.17, 15) is 28.8 Å². The molecule has 0 aliphatic carbocycles. The van der Waals surface area contributed by atoms with Crippen molar-refractivity contribution in [3.05, 3.63) is 0 Å². The predicted molar refractivity (Wildman–Crippen MR) is 102 cm³/mol. The number of carbonyl (C=O) groups is 6. The summed E-state index contributed by atoms with van der Waals surface area (Å²) in [6, 6.07) is 0. The summed E-state index contributed by atoms with van der Waals surface area (Å²) in [4.78, 5) is 92.9. The molecule has 0 atom stereocenters. The van der Waals surface area contributed by atoms with Crippen molar-refractivity contribution in [2.24, 2.45) is 11.8 Å². The molecule has 0 rings (SSSR count). The van der Waals surface area contributed by atoms with E-state index in [4.69, 9.17) is 0 Å². The number of hydrogen-bond donors (Lipinski definition) is 4. The number of carbonyl (C=O) groups excluding carboxylic acids is 6. The van der Waals surface area contributed by atoms with Crippen molar-refractivity contribution in [1.29, 1.82) is 0 Å². The molecule has 0 fully saturated rings. The smallest absolute Gasteiger partial charge is 0.328 e. The molecule has 16 nitrogen and oxygen atoms in total. The van der Waals surface area contributed by atoms with Crippen LogP contribution in [0.1, 0.15) is 70.6 Å². The van der Waals surface area contributed by atoms with Crippen LogP contribution in [0.5, 0.6) is 0 Å². The van der Waals surface area contributed by atoms with Crippen LogP contribution in [0.25, 0.3) is 0 Å². The Kier molecular flexibility index (Phi) is 17.4. The first-order valence-electron chi connectivity index (χ1n) is 9.86. The number of hydrogen-bond acceptors (Lipinski definition) is 16. The fourth-order valence-electron chi connectivity index (χ4n) is 2.00. The lowest BCUT2D eigenvalue weighted by atomic mass is 10.2. The maximum atomic E-state index is 11.5. The van der Waals surface area contributed by atoms with Crippen LogP contribution in [0.2, 0.25) is 0 Å². The zero-order valence-electron chi connectivity index (χ0n) is 17.8. The van der Waals surface area contributed by atoms with Gasteiger partial charge in [-0.3, -0.25) is 28.8 Å². The molecule has 0 spiro atoms. The second-order valence-corrected chi connectivity index (χ2v) is 6.31. The first-order valence-corrected chi connectivity index (χ1v) is 9.86. The first kappa shape index (κ1) is 29.7. The summed E-state index contributed by atoms with van der Waals surface area (Å²) in [6.45, 7) is 0. The van der Waals surface area contributed by atoms with E-state index in [0.29, 0.717) is 25.7 Å². The largest absolute Gasteiger partial charge is 0.373 e. The minimum atomic E-state index is -0.806. The summed E-state index contributed by atoms with van der Waals surface area (Å²) in [7, 11) is 0. The molecule has 0 saturated heterocycles. The van der Waals surface area contributed by atoms with E-state index in [1.54, 1.807) is 11.3 Å². The van der Waals surface area contributed by atoms with E-state index in [1.807, 2.05) is 0 Å². The third kappa shape index (κ3) is 19.1. The Labute approximate surface area is 188 Å². The first-order chi connectivity index (χ1) is 15.8. The van der Waals surface area contributed by atoms with Crippen molar-refractivity contribution in [3.63, 3.8) is 0 Å². The second kappa shape index (κ2) is 19.4. The highest BCUT2D eigenvalue weighted by molar-refractivity contribution is 5.73. The fourth-order valence-corrected chi connectivity index (χ4v) is 2.00. The fraction of sp³-hybridized carbons (Fsp3) is 0.647. The Morgan fingerprint density at radius 1 is 0.424 bits per heavy atom. The van der Waals surface area contributed by atoms with E-state index in [1.165, 1.54) is 0 Å². The molecule has 0 aliphatic heterocycles. The maximum Gasteiger partial charge on any atom is 0.328 e. The van der Waals surface area contributed by atoms with Crippen molar-refractivity contribution >= 4 is 35.8 Å². The molecular weight excluding hydrogens is 452 g/mol. The Balaban J connectivity index is 3.64. The van der Waals surface area contributed by atoms with Gasteiger partial charge in [-0.25, -0.2) is 0 Å². The molecule has 0 saturated carbocycles. The highest BCUT2D eigenvalue weighted by atomic mass is 16.9. The third-order valence-electron chi connectivity index (χ3n) is 3.67. The lowest BCUT2D eigenvalue weighted by Crippen LogP contribution is -2.25. The van der Waals surface area contributed by atoms with Crippen molar-refractivity contribution in [2.75, 3.05) is 0 Å². The Bertz CT molecular complexity index is 604. The van der Waals surface area contributed by atoms with E-state index in [2.05, 4.69) is 40.8 Å². The van der Waals surface area contributed by atoms with Gasteiger partial charge in [-0.15, -0.1) is 0 Å². The molecule has 0 unspecified atom stereocenters. The van der Waals surface area contributed by atoms with Gasteiger partial charge in [0.2, 0.25) is 0 Å². The topological polar surface area (TPSA) is 234 Å². The van der Waals surface area contributed by atoms with Crippen molar-refractivity contribution in [3.8, 4) is 0 Å². The highest BCUT2D eigenvalue weighted by Gasteiger charge is 2.11. The van der Waals surface area contributed by atoms with Gasteiger partial charge < -0.3 is 29.0 Å². The molecule has 0 radical (unpaired) electrons. The standard InChI is InChI=1S/C17H28N4O12/c18-28-12(22)6-1-3-8-14(24)30-20-32-16(26)10-5-11-17(27)33-21-31-15(25)9-4-2-7-13(23)29-19/h20-21H,1-11,18-19H2. The minimum absolute atomic E-state index is 0.0330. The minimum Gasteiger partial charge on any atom is -0.373 e. The summed E-state index contributed by atoms with van der Waals surface area (Å²) >= 11 is 0. The molecule has 0 aromatic rings. The van der Waals surface area contributed by atoms with Crippen LogP contribution in [0.3, 0.4) is 0 Å². The summed E-state index contributed by atoms with van der Waals surface area (Å²) < 4.78 is 0. The molecule has 0 bridgehead atoms. The van der Waals surface area contributed by atoms with E-state index < -0.39 is 35.8 Å². The zero-order chi connectivity index (χ0) is 24.9. The summed E-state index contributed by atoms with van der Waals surface area (Å²) in [5, 5.41) is 0. The molecule has 33 heavy (non-hydrogen) atoms. The monoisotopic (exact) mass is 480 g/mol. The number of unbranched alkanes of at least 4 members (excludes halogenated alkanes) is 2. The van der Waals surface area contributed by atoms with Gasteiger partial charge in [0, 0.05) is 49.8 Å². The SMILES string of the molecule is NOC(=O)CCCCC(=O)ONOC(=O)CCCC(=O)ONOC(=O)CCCCC(=O)ON. The number of nitrogens with one attached hydrogen (secondary N) is 2. The van der Waals surface area contributed by atoms with Crippen molar-refractivity contribution < 1.29 is 57.8 Å². The van der Waals surface area contributed by atoms with Gasteiger partial charge in [0.15, 0.2) is 0 Å². The van der Waals surface area contributed by atoms with Crippen LogP contribution in [0.4, 0.5) is 0 Å². The van der Waals surface area contributed by atoms with Crippen LogP contribution < -0.4 is 23.1 Å². The number of rotatable bonds is 18. The van der Waals surface area contributed by atoms with Crippen LogP contribution >= 0.6 is 0 Å². The van der Waals surface area contributed by atoms with Gasteiger partial charge >= 0.3 is 35.8 Å². The third-order valence-corrected chi connectivity index (χ3v) is 3.67. The van der Waals surface area contributed by atoms with Gasteiger partial charge in [0.05, 0.1) is 0 Å². The molecule has 0 amide bonds. The van der Waals surface area contributed by atoms with Crippen LogP contribution in [-0.4, -0.2) is 35.8 Å². The van der Waals surface area contributed by atoms with E-state index >= 15 is 0 Å². The lowest BCUT2D eigenvalue weighted by Gasteiger charge is -2.07. The highest BCUT2D eigenvalue weighted by Crippen LogP contribution is 2.03. The Morgan fingerprint density at radius 2 is 0.667 bits per heavy atom. The van der Waals surface area contributed by atoms with Crippen LogP contribution in [0, 0.1) is 0 Å². The van der Waals surface area contributed by atoms with E-state index in [0.717, 1.165) is 0 Å². The Hall–Kier alpha value is -3.34. The van der Waals surface area contributed by atoms with Gasteiger partial charge in [-0.2, -0.15) is 11.8 Å². The lowest BCUT2D eigenvalue weighted by molar-refractivity contribution is -0.198. The molecule has 0 heterocycles. The summed E-state index contributed by atoms with van der Waals surface area (Å²) in [5.74, 6) is 5.08. The molecule has 0 aromatic heterocycles. The van der Waals surface area contributed by atoms with Gasteiger partial charge in [-0.05, 0) is 32.1 Å². The Morgan fingerprint density at radius 3 is 0.939 bits per heavy atom. The molecule has 0 aliphatic rings. The molecule has 16 heteroatoms. The second-order valence-electron chi connectivity index (χ2n) is 6.31. The van der Waals surface area contributed by atoms with Crippen LogP contribution in [-0.2, 0) is 57.8 Å². The average molecular weight is 480 g/mol. The average Bonchev–Trinajstić information content (AvgIpc) is 2.79. The maximum absolute atomic E-state index is 11.5. The normalized spacial score (nSPS) is 10.0. The van der Waals surface area contributed by atoms with Gasteiger partial charge in [0.25, 0.3) is 0 Å². The van der Waals surface area contributed by atoms with Crippen LogP contribution in [0.15, 0.2) is 0 Å². The molecule has 6 N–H and O–H groups in total. The van der Waals surface area contributed by atoms with Crippen molar-refractivity contribution in [1.82, 2.24) is 11.3 Å². The number of nitrogens with two attached hydrogens (primary N) is 2. The predicted octanol–water partition coefficient (Wildman–Crippen LogP) is -0.877. The van der Waals surface area contributed by atoms with E-state index in [-0.39, 0.29) is 44.9 Å². The molecular formula is C17H28N4O12. The van der Waals surface area contributed by atoms with Gasteiger partial charge in [-0.1, -0.05) is 0 Å². The summed E-state index contributed by atoms with van der Waals surface area (Å²) in [5.41, 5.74) is 3.46.